The van der Waals surface area contributed by atoms with Gasteiger partial charge in [0.1, 0.15) is 10.4 Å². The van der Waals surface area contributed by atoms with E-state index in [-0.39, 0.29) is 21.9 Å². The number of rotatable bonds is 2. The van der Waals surface area contributed by atoms with Crippen LogP contribution >= 0.6 is 11.8 Å². The second-order valence-corrected chi connectivity index (χ2v) is 5.60. The number of carbonyl (C=O) groups excluding carboxylic acids is 1. The van der Waals surface area contributed by atoms with E-state index < -0.39 is 0 Å². The maximum absolute atomic E-state index is 12.2. The van der Waals surface area contributed by atoms with E-state index in [9.17, 15) is 14.9 Å². The van der Waals surface area contributed by atoms with Gasteiger partial charge in [-0.05, 0) is 25.2 Å². The molecular weight excluding hydrogens is 264 g/mol. The van der Waals surface area contributed by atoms with Crippen molar-refractivity contribution in [3.8, 4) is 6.07 Å². The minimum Gasteiger partial charge on any atom is -0.337 e. The zero-order valence-electron chi connectivity index (χ0n) is 10.5. The summed E-state index contributed by atoms with van der Waals surface area (Å²) in [6.45, 7) is 1.07. The molecule has 0 aromatic carbocycles. The molecule has 19 heavy (non-hydrogen) atoms. The van der Waals surface area contributed by atoms with Crippen molar-refractivity contribution in [2.24, 2.45) is 0 Å². The minimum absolute atomic E-state index is 0.205. The van der Waals surface area contributed by atoms with E-state index in [1.54, 1.807) is 16.7 Å². The van der Waals surface area contributed by atoms with Gasteiger partial charge in [-0.25, -0.2) is 5.10 Å². The molecule has 0 radical (unpaired) electrons. The topological polar surface area (TPSA) is 89.9 Å². The Hall–Kier alpha value is -1.81. The number of piperidine rings is 1. The fourth-order valence-electron chi connectivity index (χ4n) is 2.06. The van der Waals surface area contributed by atoms with Gasteiger partial charge in [0.25, 0.3) is 11.5 Å². The SMILES string of the molecule is CSC1(C#N)CCN(C(=O)c2ccc(=O)[nH]n2)CC1. The van der Waals surface area contributed by atoms with Crippen LogP contribution in [0.15, 0.2) is 16.9 Å². The summed E-state index contributed by atoms with van der Waals surface area (Å²) in [7, 11) is 0. The second kappa shape index (κ2) is 5.45. The van der Waals surface area contributed by atoms with Crippen molar-refractivity contribution in [2.75, 3.05) is 19.3 Å². The first kappa shape index (κ1) is 13.6. The molecule has 1 fully saturated rings. The Kier molecular flexibility index (Phi) is 3.90. The van der Waals surface area contributed by atoms with Crippen molar-refractivity contribution in [2.45, 2.75) is 17.6 Å². The first-order valence-corrected chi connectivity index (χ1v) is 7.14. The van der Waals surface area contributed by atoms with Crippen molar-refractivity contribution in [1.29, 1.82) is 5.26 Å². The van der Waals surface area contributed by atoms with Crippen LogP contribution in [0.3, 0.4) is 0 Å². The Bertz CT molecular complexity index is 549. The fraction of sp³-hybridized carbons (Fsp3) is 0.500. The molecule has 2 rings (SSSR count). The second-order valence-electron chi connectivity index (χ2n) is 4.41. The molecule has 7 heteroatoms. The molecule has 1 aromatic rings. The predicted octanol–water partition coefficient (Wildman–Crippen LogP) is 0.631. The lowest BCUT2D eigenvalue weighted by molar-refractivity contribution is 0.0709. The average Bonchev–Trinajstić information content (AvgIpc) is 2.47. The summed E-state index contributed by atoms with van der Waals surface area (Å²) in [4.78, 5) is 24.7. The van der Waals surface area contributed by atoms with Gasteiger partial charge in [-0.2, -0.15) is 10.4 Å². The molecule has 1 N–H and O–H groups in total. The standard InChI is InChI=1S/C12H14N4O2S/c1-19-12(8-13)4-6-16(7-5-12)11(18)9-2-3-10(17)15-14-9/h2-3H,4-7H2,1H3,(H,15,17). The number of amides is 1. The van der Waals surface area contributed by atoms with E-state index in [0.29, 0.717) is 25.9 Å². The molecule has 1 amide bonds. The maximum Gasteiger partial charge on any atom is 0.274 e. The van der Waals surface area contributed by atoms with E-state index in [2.05, 4.69) is 16.3 Å². The van der Waals surface area contributed by atoms with Gasteiger partial charge in [0, 0.05) is 19.2 Å². The molecule has 1 aromatic heterocycles. The van der Waals surface area contributed by atoms with Crippen LogP contribution in [0.25, 0.3) is 0 Å². The smallest absolute Gasteiger partial charge is 0.274 e. The van der Waals surface area contributed by atoms with Crippen molar-refractivity contribution in [1.82, 2.24) is 15.1 Å². The molecule has 1 aliphatic rings. The Morgan fingerprint density at radius 2 is 2.21 bits per heavy atom. The number of thioether (sulfide) groups is 1. The number of H-pyrrole nitrogens is 1. The number of nitrogens with zero attached hydrogens (tertiary/aromatic N) is 3. The highest BCUT2D eigenvalue weighted by molar-refractivity contribution is 8.00. The number of likely N-dealkylation sites (tertiary alicyclic amines) is 1. The third kappa shape index (κ3) is 2.79. The Morgan fingerprint density at radius 3 is 2.68 bits per heavy atom. The van der Waals surface area contributed by atoms with Gasteiger partial charge in [0.05, 0.1) is 6.07 Å². The highest BCUT2D eigenvalue weighted by Gasteiger charge is 2.35. The normalized spacial score (nSPS) is 17.8. The zero-order chi connectivity index (χ0) is 13.9. The highest BCUT2D eigenvalue weighted by atomic mass is 32.2. The van der Waals surface area contributed by atoms with Gasteiger partial charge < -0.3 is 4.90 Å². The summed E-state index contributed by atoms with van der Waals surface area (Å²) < 4.78 is -0.380. The van der Waals surface area contributed by atoms with E-state index in [1.807, 2.05) is 6.26 Å². The van der Waals surface area contributed by atoms with Crippen LogP contribution < -0.4 is 5.56 Å². The molecular formula is C12H14N4O2S. The number of hydrogen-bond donors (Lipinski definition) is 1. The summed E-state index contributed by atoms with van der Waals surface area (Å²) in [5.74, 6) is -0.205. The van der Waals surface area contributed by atoms with Crippen LogP contribution in [-0.2, 0) is 0 Å². The third-order valence-corrected chi connectivity index (χ3v) is 4.63. The number of nitriles is 1. The lowest BCUT2D eigenvalue weighted by atomic mass is 9.97. The minimum atomic E-state index is -0.380. The van der Waals surface area contributed by atoms with E-state index >= 15 is 0 Å². The lowest BCUT2D eigenvalue weighted by Crippen LogP contribution is -2.44. The molecule has 1 saturated heterocycles. The molecule has 0 unspecified atom stereocenters. The van der Waals surface area contributed by atoms with Crippen LogP contribution in [0.2, 0.25) is 0 Å². The lowest BCUT2D eigenvalue weighted by Gasteiger charge is -2.35. The Balaban J connectivity index is 2.06. The summed E-state index contributed by atoms with van der Waals surface area (Å²) in [6.07, 6.45) is 3.23. The van der Waals surface area contributed by atoms with Gasteiger partial charge >= 0.3 is 0 Å². The maximum atomic E-state index is 12.2. The van der Waals surface area contributed by atoms with Crippen molar-refractivity contribution >= 4 is 17.7 Å². The van der Waals surface area contributed by atoms with E-state index in [0.717, 1.165) is 0 Å². The van der Waals surface area contributed by atoms with Crippen LogP contribution in [0.4, 0.5) is 0 Å². The number of aromatic nitrogens is 2. The summed E-state index contributed by atoms with van der Waals surface area (Å²) in [5, 5.41) is 15.2. The molecule has 6 nitrogen and oxygen atoms in total. The van der Waals surface area contributed by atoms with Crippen molar-refractivity contribution in [3.05, 3.63) is 28.2 Å². The molecule has 0 saturated carbocycles. The monoisotopic (exact) mass is 278 g/mol. The number of carbonyl (C=O) groups is 1. The predicted molar refractivity (Wildman–Crippen MR) is 71.9 cm³/mol. The number of nitrogens with one attached hydrogen (secondary N) is 1. The van der Waals surface area contributed by atoms with Gasteiger partial charge in [-0.15, -0.1) is 11.8 Å². The first-order chi connectivity index (χ1) is 9.10. The largest absolute Gasteiger partial charge is 0.337 e. The summed E-state index contributed by atoms with van der Waals surface area (Å²) >= 11 is 1.54. The number of aromatic amines is 1. The van der Waals surface area contributed by atoms with Gasteiger partial charge in [-0.3, -0.25) is 9.59 Å². The molecule has 0 bridgehead atoms. The average molecular weight is 278 g/mol. The molecule has 1 aliphatic heterocycles. The van der Waals surface area contributed by atoms with Gasteiger partial charge in [0.15, 0.2) is 0 Å². The molecule has 100 valence electrons. The van der Waals surface area contributed by atoms with Crippen molar-refractivity contribution in [3.63, 3.8) is 0 Å². The van der Waals surface area contributed by atoms with E-state index in [1.165, 1.54) is 12.1 Å². The van der Waals surface area contributed by atoms with Crippen LogP contribution in [0.5, 0.6) is 0 Å². The van der Waals surface area contributed by atoms with Gasteiger partial charge in [-0.1, -0.05) is 0 Å². The first-order valence-electron chi connectivity index (χ1n) is 5.92. The van der Waals surface area contributed by atoms with Crippen LogP contribution in [0, 0.1) is 11.3 Å². The van der Waals surface area contributed by atoms with Gasteiger partial charge in [0.2, 0.25) is 0 Å². The Morgan fingerprint density at radius 1 is 1.53 bits per heavy atom. The summed E-state index contributed by atoms with van der Waals surface area (Å²) in [5.41, 5.74) is -0.103. The quantitative estimate of drug-likeness (QED) is 0.857. The molecule has 0 spiro atoms. The molecule has 0 atom stereocenters. The highest BCUT2D eigenvalue weighted by Crippen LogP contribution is 2.33. The molecule has 2 heterocycles. The third-order valence-electron chi connectivity index (χ3n) is 3.35. The number of hydrogen-bond acceptors (Lipinski definition) is 5. The molecule has 0 aliphatic carbocycles. The van der Waals surface area contributed by atoms with Crippen LogP contribution in [0.1, 0.15) is 23.3 Å². The Labute approximate surface area is 114 Å². The van der Waals surface area contributed by atoms with Crippen LogP contribution in [-0.4, -0.2) is 45.1 Å². The fourth-order valence-corrected chi connectivity index (χ4v) is 2.74. The van der Waals surface area contributed by atoms with E-state index in [4.69, 9.17) is 0 Å². The summed E-state index contributed by atoms with van der Waals surface area (Å²) in [6, 6.07) is 5.04. The zero-order valence-corrected chi connectivity index (χ0v) is 11.4. The van der Waals surface area contributed by atoms with Crippen molar-refractivity contribution < 1.29 is 4.79 Å².